The minimum atomic E-state index is -0.372. The van der Waals surface area contributed by atoms with Crippen LogP contribution in [0.3, 0.4) is 0 Å². The fraction of sp³-hybridized carbons (Fsp3) is 0.545. The maximum absolute atomic E-state index is 11.1. The highest BCUT2D eigenvalue weighted by Gasteiger charge is 2.18. The highest BCUT2D eigenvalue weighted by molar-refractivity contribution is 5.80. The Morgan fingerprint density at radius 1 is 1.53 bits per heavy atom. The summed E-state index contributed by atoms with van der Waals surface area (Å²) < 4.78 is 0. The number of aromatic nitrogens is 2. The lowest BCUT2D eigenvalue weighted by Crippen LogP contribution is -2.39. The SMILES string of the molecule is CNc1ncnc(N(CC(N)=O)C(C)C)c1C. The molecule has 0 bridgehead atoms. The molecule has 0 aliphatic rings. The lowest BCUT2D eigenvalue weighted by molar-refractivity contribution is -0.116. The van der Waals surface area contributed by atoms with E-state index in [4.69, 9.17) is 5.73 Å². The average Bonchev–Trinajstić information content (AvgIpc) is 2.26. The Morgan fingerprint density at radius 3 is 2.65 bits per heavy atom. The summed E-state index contributed by atoms with van der Waals surface area (Å²) in [7, 11) is 1.80. The van der Waals surface area contributed by atoms with Crippen molar-refractivity contribution in [2.24, 2.45) is 5.73 Å². The monoisotopic (exact) mass is 237 g/mol. The number of nitrogens with two attached hydrogens (primary N) is 1. The quantitative estimate of drug-likeness (QED) is 0.780. The number of carbonyl (C=O) groups is 1. The van der Waals surface area contributed by atoms with E-state index < -0.39 is 0 Å². The summed E-state index contributed by atoms with van der Waals surface area (Å²) >= 11 is 0. The molecule has 0 saturated heterocycles. The fourth-order valence-corrected chi connectivity index (χ4v) is 1.65. The zero-order valence-electron chi connectivity index (χ0n) is 10.7. The highest BCUT2D eigenvalue weighted by Crippen LogP contribution is 2.23. The Labute approximate surface area is 101 Å². The minimum Gasteiger partial charge on any atom is -0.373 e. The molecule has 3 N–H and O–H groups in total. The van der Waals surface area contributed by atoms with Gasteiger partial charge < -0.3 is 16.0 Å². The molecule has 1 aromatic heterocycles. The molecule has 94 valence electrons. The van der Waals surface area contributed by atoms with Crippen molar-refractivity contribution in [1.82, 2.24) is 9.97 Å². The molecule has 0 saturated carbocycles. The lowest BCUT2D eigenvalue weighted by Gasteiger charge is -2.28. The van der Waals surface area contributed by atoms with Crippen LogP contribution in [-0.4, -0.2) is 35.5 Å². The number of nitrogens with one attached hydrogen (secondary N) is 1. The zero-order valence-corrected chi connectivity index (χ0v) is 10.7. The summed E-state index contributed by atoms with van der Waals surface area (Å²) in [5.74, 6) is 1.12. The molecule has 1 rings (SSSR count). The van der Waals surface area contributed by atoms with Gasteiger partial charge in [-0.3, -0.25) is 4.79 Å². The molecule has 1 heterocycles. The van der Waals surface area contributed by atoms with Crippen LogP contribution in [-0.2, 0) is 4.79 Å². The number of primary amides is 1. The fourth-order valence-electron chi connectivity index (χ4n) is 1.65. The van der Waals surface area contributed by atoms with Crippen LogP contribution in [0.2, 0.25) is 0 Å². The maximum Gasteiger partial charge on any atom is 0.237 e. The molecule has 1 aromatic rings. The Bertz CT molecular complexity index is 405. The van der Waals surface area contributed by atoms with Crippen LogP contribution in [0.5, 0.6) is 0 Å². The van der Waals surface area contributed by atoms with Crippen molar-refractivity contribution >= 4 is 17.5 Å². The highest BCUT2D eigenvalue weighted by atomic mass is 16.1. The Hall–Kier alpha value is -1.85. The van der Waals surface area contributed by atoms with Gasteiger partial charge in [0.2, 0.25) is 5.91 Å². The van der Waals surface area contributed by atoms with Crippen molar-refractivity contribution in [2.45, 2.75) is 26.8 Å². The standard InChI is InChI=1S/C11H19N5O/c1-7(2)16(5-9(12)17)11-8(3)10(13-4)14-6-15-11/h6-7H,5H2,1-4H3,(H2,12,17)(H,13,14,15). The number of hydrogen-bond acceptors (Lipinski definition) is 5. The van der Waals surface area contributed by atoms with E-state index in [1.807, 2.05) is 25.7 Å². The summed E-state index contributed by atoms with van der Waals surface area (Å²) in [5.41, 5.74) is 6.16. The normalized spacial score (nSPS) is 10.4. The van der Waals surface area contributed by atoms with Crippen molar-refractivity contribution in [1.29, 1.82) is 0 Å². The van der Waals surface area contributed by atoms with Crippen LogP contribution in [0.15, 0.2) is 6.33 Å². The summed E-state index contributed by atoms with van der Waals surface area (Å²) in [6.45, 7) is 6.04. The van der Waals surface area contributed by atoms with Gasteiger partial charge in [0.15, 0.2) is 0 Å². The van der Waals surface area contributed by atoms with E-state index in [-0.39, 0.29) is 18.5 Å². The van der Waals surface area contributed by atoms with E-state index in [0.717, 1.165) is 17.2 Å². The molecule has 6 heteroatoms. The van der Waals surface area contributed by atoms with Crippen LogP contribution in [0.1, 0.15) is 19.4 Å². The second-order valence-corrected chi connectivity index (χ2v) is 4.11. The predicted octanol–water partition coefficient (Wildman–Crippen LogP) is 0.527. The molecule has 0 unspecified atom stereocenters. The summed E-state index contributed by atoms with van der Waals surface area (Å²) in [6, 6.07) is 0.140. The Morgan fingerprint density at radius 2 is 2.18 bits per heavy atom. The van der Waals surface area contributed by atoms with Crippen LogP contribution in [0.4, 0.5) is 11.6 Å². The molecule has 0 aliphatic carbocycles. The van der Waals surface area contributed by atoms with Crippen LogP contribution in [0, 0.1) is 6.92 Å². The second-order valence-electron chi connectivity index (χ2n) is 4.11. The van der Waals surface area contributed by atoms with Gasteiger partial charge in [-0.25, -0.2) is 9.97 Å². The molecule has 6 nitrogen and oxygen atoms in total. The number of nitrogens with zero attached hydrogens (tertiary/aromatic N) is 3. The third-order valence-corrected chi connectivity index (χ3v) is 2.52. The van der Waals surface area contributed by atoms with E-state index in [9.17, 15) is 4.79 Å². The number of hydrogen-bond donors (Lipinski definition) is 2. The van der Waals surface area contributed by atoms with Crippen LogP contribution in [0.25, 0.3) is 0 Å². The average molecular weight is 237 g/mol. The predicted molar refractivity (Wildman–Crippen MR) is 68.0 cm³/mol. The van der Waals surface area contributed by atoms with Gasteiger partial charge in [0.25, 0.3) is 0 Å². The Balaban J connectivity index is 3.14. The third-order valence-electron chi connectivity index (χ3n) is 2.52. The molecular formula is C11H19N5O. The van der Waals surface area contributed by atoms with Crippen molar-refractivity contribution in [3.8, 4) is 0 Å². The van der Waals surface area contributed by atoms with Crippen molar-refractivity contribution in [2.75, 3.05) is 23.8 Å². The van der Waals surface area contributed by atoms with Crippen molar-refractivity contribution in [3.63, 3.8) is 0 Å². The zero-order chi connectivity index (χ0) is 13.0. The summed E-state index contributed by atoms with van der Waals surface area (Å²) in [4.78, 5) is 21.3. The molecule has 0 atom stereocenters. The molecule has 17 heavy (non-hydrogen) atoms. The summed E-state index contributed by atoms with van der Waals surface area (Å²) in [5, 5.41) is 2.99. The molecular weight excluding hydrogens is 218 g/mol. The van der Waals surface area contributed by atoms with E-state index in [2.05, 4.69) is 15.3 Å². The van der Waals surface area contributed by atoms with Crippen LogP contribution < -0.4 is 16.0 Å². The van der Waals surface area contributed by atoms with Crippen molar-refractivity contribution in [3.05, 3.63) is 11.9 Å². The first-order chi connectivity index (χ1) is 7.97. The largest absolute Gasteiger partial charge is 0.373 e. The number of rotatable bonds is 5. The van der Waals surface area contributed by atoms with Crippen LogP contribution >= 0.6 is 0 Å². The topological polar surface area (TPSA) is 84.1 Å². The van der Waals surface area contributed by atoms with Gasteiger partial charge in [-0.1, -0.05) is 0 Å². The first-order valence-corrected chi connectivity index (χ1v) is 5.51. The molecule has 0 aromatic carbocycles. The molecule has 0 fully saturated rings. The third kappa shape index (κ3) is 3.05. The first-order valence-electron chi connectivity index (χ1n) is 5.51. The minimum absolute atomic E-state index is 0.140. The van der Waals surface area contributed by atoms with E-state index in [1.165, 1.54) is 6.33 Å². The van der Waals surface area contributed by atoms with E-state index in [0.29, 0.717) is 0 Å². The molecule has 0 aliphatic heterocycles. The lowest BCUT2D eigenvalue weighted by atomic mass is 10.2. The van der Waals surface area contributed by atoms with Gasteiger partial charge >= 0.3 is 0 Å². The molecule has 1 amide bonds. The first kappa shape index (κ1) is 13.2. The van der Waals surface area contributed by atoms with Gasteiger partial charge in [-0.2, -0.15) is 0 Å². The summed E-state index contributed by atoms with van der Waals surface area (Å²) in [6.07, 6.45) is 1.48. The number of amides is 1. The van der Waals surface area contributed by atoms with E-state index in [1.54, 1.807) is 7.05 Å². The Kier molecular flexibility index (Phi) is 4.25. The van der Waals surface area contributed by atoms with Gasteiger partial charge in [0.05, 0.1) is 6.54 Å². The number of anilines is 2. The van der Waals surface area contributed by atoms with Crippen molar-refractivity contribution < 1.29 is 4.79 Å². The number of carbonyl (C=O) groups excluding carboxylic acids is 1. The van der Waals surface area contributed by atoms with Gasteiger partial charge in [0, 0.05) is 18.7 Å². The van der Waals surface area contributed by atoms with Gasteiger partial charge in [0.1, 0.15) is 18.0 Å². The smallest absolute Gasteiger partial charge is 0.237 e. The van der Waals surface area contributed by atoms with Gasteiger partial charge in [-0.15, -0.1) is 0 Å². The maximum atomic E-state index is 11.1. The van der Waals surface area contributed by atoms with Gasteiger partial charge in [-0.05, 0) is 20.8 Å². The van der Waals surface area contributed by atoms with E-state index >= 15 is 0 Å². The molecule has 0 radical (unpaired) electrons. The molecule has 0 spiro atoms. The second kappa shape index (κ2) is 5.47.